The number of hydrogen-bond donors (Lipinski definition) is 3. The second-order valence-electron chi connectivity index (χ2n) is 8.91. The van der Waals surface area contributed by atoms with Gasteiger partial charge < -0.3 is 26.0 Å². The number of nitrogens with two attached hydrogens (primary N) is 1. The standard InChI is InChI=1S/C27H29N5O5/c1-16(33)31-23(18-6-8-19(9-7-18)27(36)37-2)26(35)32-13-3-4-22(32)25(34)30-15-17-5-10-21-20(14-17)11-12-29-24(21)28/h5-12,14,22-23H,3-4,13,15H2,1-2H3,(H2,28,29)(H,30,34)(H,31,33)/t22-,23?/m0/s1. The van der Waals surface area contributed by atoms with E-state index in [2.05, 4.69) is 15.6 Å². The van der Waals surface area contributed by atoms with Crippen molar-refractivity contribution in [1.29, 1.82) is 0 Å². The fraction of sp³-hybridized carbons (Fsp3) is 0.296. The van der Waals surface area contributed by atoms with Gasteiger partial charge in [-0.2, -0.15) is 0 Å². The van der Waals surface area contributed by atoms with Crippen LogP contribution in [0.1, 0.15) is 47.3 Å². The van der Waals surface area contributed by atoms with Crippen LogP contribution >= 0.6 is 0 Å². The molecule has 1 saturated heterocycles. The largest absolute Gasteiger partial charge is 0.465 e. The Hall–Kier alpha value is -4.47. The minimum Gasteiger partial charge on any atom is -0.465 e. The Balaban J connectivity index is 1.47. The number of pyridine rings is 1. The number of aromatic nitrogens is 1. The highest BCUT2D eigenvalue weighted by Gasteiger charge is 2.38. The Morgan fingerprint density at radius 1 is 1.14 bits per heavy atom. The molecular formula is C27H29N5O5. The third kappa shape index (κ3) is 5.69. The molecule has 0 radical (unpaired) electrons. The fourth-order valence-corrected chi connectivity index (χ4v) is 4.56. The van der Waals surface area contributed by atoms with Gasteiger partial charge in [-0.25, -0.2) is 9.78 Å². The molecule has 1 aliphatic rings. The minimum atomic E-state index is -0.989. The summed E-state index contributed by atoms with van der Waals surface area (Å²) < 4.78 is 4.71. The number of hydrogen-bond acceptors (Lipinski definition) is 7. The lowest BCUT2D eigenvalue weighted by Crippen LogP contribution is -2.49. The summed E-state index contributed by atoms with van der Waals surface area (Å²) in [4.78, 5) is 55.9. The zero-order chi connectivity index (χ0) is 26.5. The molecule has 3 amide bonds. The maximum absolute atomic E-state index is 13.5. The van der Waals surface area contributed by atoms with Crippen LogP contribution in [0, 0.1) is 0 Å². The summed E-state index contributed by atoms with van der Waals surface area (Å²) in [6.45, 7) is 2.01. The summed E-state index contributed by atoms with van der Waals surface area (Å²) in [6, 6.07) is 12.2. The second-order valence-corrected chi connectivity index (χ2v) is 8.91. The molecule has 0 saturated carbocycles. The van der Waals surface area contributed by atoms with E-state index in [-0.39, 0.29) is 17.7 Å². The number of rotatable bonds is 7. The van der Waals surface area contributed by atoms with E-state index in [0.29, 0.717) is 42.9 Å². The van der Waals surface area contributed by atoms with Gasteiger partial charge in [0.15, 0.2) is 0 Å². The van der Waals surface area contributed by atoms with Crippen molar-refractivity contribution in [2.45, 2.75) is 38.4 Å². The number of carbonyl (C=O) groups is 4. The maximum Gasteiger partial charge on any atom is 0.337 e. The lowest BCUT2D eigenvalue weighted by atomic mass is 10.0. The van der Waals surface area contributed by atoms with Crippen LogP contribution in [0.4, 0.5) is 5.82 Å². The number of likely N-dealkylation sites (tertiary alicyclic amines) is 1. The van der Waals surface area contributed by atoms with Crippen LogP contribution in [0.5, 0.6) is 0 Å². The summed E-state index contributed by atoms with van der Waals surface area (Å²) in [5, 5.41) is 7.38. The van der Waals surface area contributed by atoms with Crippen LogP contribution in [-0.2, 0) is 25.7 Å². The Kier molecular flexibility index (Phi) is 7.66. The smallest absolute Gasteiger partial charge is 0.337 e. The Morgan fingerprint density at radius 2 is 1.89 bits per heavy atom. The monoisotopic (exact) mass is 503 g/mol. The van der Waals surface area contributed by atoms with Crippen LogP contribution < -0.4 is 16.4 Å². The zero-order valence-corrected chi connectivity index (χ0v) is 20.7. The minimum absolute atomic E-state index is 0.261. The van der Waals surface area contributed by atoms with Crippen LogP contribution in [0.25, 0.3) is 10.8 Å². The van der Waals surface area contributed by atoms with Crippen molar-refractivity contribution in [2.24, 2.45) is 0 Å². The molecule has 3 aromatic rings. The molecule has 1 unspecified atom stereocenters. The van der Waals surface area contributed by atoms with Gasteiger partial charge in [-0.1, -0.05) is 24.3 Å². The number of ether oxygens (including phenoxy) is 1. The van der Waals surface area contributed by atoms with Gasteiger partial charge in [0.2, 0.25) is 17.7 Å². The average Bonchev–Trinajstić information content (AvgIpc) is 3.40. The van der Waals surface area contributed by atoms with Gasteiger partial charge in [0.05, 0.1) is 12.7 Å². The van der Waals surface area contributed by atoms with Crippen molar-refractivity contribution >= 4 is 40.3 Å². The Labute approximate surface area is 214 Å². The molecule has 1 aliphatic heterocycles. The quantitative estimate of drug-likeness (QED) is 0.419. The predicted octanol–water partition coefficient (Wildman–Crippen LogP) is 2.09. The van der Waals surface area contributed by atoms with Crippen molar-refractivity contribution in [3.8, 4) is 0 Å². The lowest BCUT2D eigenvalue weighted by molar-refractivity contribution is -0.141. The summed E-state index contributed by atoms with van der Waals surface area (Å²) in [7, 11) is 1.28. The van der Waals surface area contributed by atoms with E-state index >= 15 is 0 Å². The highest BCUT2D eigenvalue weighted by molar-refractivity contribution is 5.94. The average molecular weight is 504 g/mol. The van der Waals surface area contributed by atoms with Crippen LogP contribution in [0.2, 0.25) is 0 Å². The topological polar surface area (TPSA) is 144 Å². The highest BCUT2D eigenvalue weighted by Crippen LogP contribution is 2.25. The number of nitrogen functional groups attached to an aromatic ring is 1. The molecule has 0 aliphatic carbocycles. The summed E-state index contributed by atoms with van der Waals surface area (Å²) in [6.07, 6.45) is 2.82. The number of carbonyl (C=O) groups excluding carboxylic acids is 4. The van der Waals surface area contributed by atoms with Crippen LogP contribution in [0.3, 0.4) is 0 Å². The van der Waals surface area contributed by atoms with Crippen molar-refractivity contribution in [1.82, 2.24) is 20.5 Å². The summed E-state index contributed by atoms with van der Waals surface area (Å²) in [5.74, 6) is -1.09. The zero-order valence-electron chi connectivity index (χ0n) is 20.7. The van der Waals surface area contributed by atoms with Crippen molar-refractivity contribution in [3.63, 3.8) is 0 Å². The predicted molar refractivity (Wildman–Crippen MR) is 137 cm³/mol. The van der Waals surface area contributed by atoms with Gasteiger partial charge in [0, 0.05) is 31.6 Å². The first-order valence-electron chi connectivity index (χ1n) is 11.9. The molecule has 2 atom stereocenters. The van der Waals surface area contributed by atoms with E-state index in [1.54, 1.807) is 18.3 Å². The number of esters is 1. The van der Waals surface area contributed by atoms with E-state index in [4.69, 9.17) is 10.5 Å². The molecule has 10 heteroatoms. The molecule has 1 aromatic heterocycles. The molecule has 2 heterocycles. The second kappa shape index (κ2) is 11.1. The van der Waals surface area contributed by atoms with E-state index in [1.165, 1.54) is 31.1 Å². The van der Waals surface area contributed by atoms with Crippen LogP contribution in [-0.4, -0.2) is 53.3 Å². The third-order valence-electron chi connectivity index (χ3n) is 6.42. The summed E-state index contributed by atoms with van der Waals surface area (Å²) in [5.41, 5.74) is 7.63. The first kappa shape index (κ1) is 25.6. The van der Waals surface area contributed by atoms with Crippen molar-refractivity contribution < 1.29 is 23.9 Å². The number of nitrogens with zero attached hydrogens (tertiary/aromatic N) is 2. The molecule has 37 heavy (non-hydrogen) atoms. The molecular weight excluding hydrogens is 474 g/mol. The van der Waals surface area contributed by atoms with Gasteiger partial charge in [0.25, 0.3) is 0 Å². The van der Waals surface area contributed by atoms with Crippen molar-refractivity contribution in [2.75, 3.05) is 19.4 Å². The number of methoxy groups -OCH3 is 1. The van der Waals surface area contributed by atoms with E-state index in [0.717, 1.165) is 16.3 Å². The highest BCUT2D eigenvalue weighted by atomic mass is 16.5. The van der Waals surface area contributed by atoms with Crippen molar-refractivity contribution in [3.05, 3.63) is 71.4 Å². The maximum atomic E-state index is 13.5. The summed E-state index contributed by atoms with van der Waals surface area (Å²) >= 11 is 0. The van der Waals surface area contributed by atoms with E-state index in [1.807, 2.05) is 24.3 Å². The van der Waals surface area contributed by atoms with Gasteiger partial charge in [0.1, 0.15) is 17.9 Å². The molecule has 0 spiro atoms. The molecule has 4 rings (SSSR count). The number of nitrogens with one attached hydrogen (secondary N) is 2. The normalized spacial score (nSPS) is 15.7. The Bertz CT molecular complexity index is 1340. The Morgan fingerprint density at radius 3 is 2.59 bits per heavy atom. The molecule has 0 bridgehead atoms. The first-order chi connectivity index (χ1) is 17.8. The van der Waals surface area contributed by atoms with Gasteiger partial charge in [-0.3, -0.25) is 14.4 Å². The molecule has 1 fully saturated rings. The number of anilines is 1. The van der Waals surface area contributed by atoms with E-state index < -0.39 is 18.1 Å². The number of benzene rings is 2. The van der Waals surface area contributed by atoms with Gasteiger partial charge >= 0.3 is 5.97 Å². The molecule has 4 N–H and O–H groups in total. The fourth-order valence-electron chi connectivity index (χ4n) is 4.56. The van der Waals surface area contributed by atoms with Gasteiger partial charge in [-0.15, -0.1) is 0 Å². The van der Waals surface area contributed by atoms with Gasteiger partial charge in [-0.05, 0) is 53.6 Å². The van der Waals surface area contributed by atoms with E-state index in [9.17, 15) is 19.2 Å². The first-order valence-corrected chi connectivity index (χ1v) is 11.9. The number of fused-ring (bicyclic) bond motifs is 1. The lowest BCUT2D eigenvalue weighted by Gasteiger charge is -2.29. The molecule has 2 aromatic carbocycles. The molecule has 10 nitrogen and oxygen atoms in total. The third-order valence-corrected chi connectivity index (χ3v) is 6.42. The SMILES string of the molecule is COC(=O)c1ccc(C(NC(C)=O)C(=O)N2CCC[C@H]2C(=O)NCc2ccc3c(N)nccc3c2)cc1. The molecule has 192 valence electrons. The van der Waals surface area contributed by atoms with Crippen LogP contribution in [0.15, 0.2) is 54.7 Å². The number of amides is 3.